The number of carbonyl (C=O) groups is 1. The molecule has 2 aromatic rings. The lowest BCUT2D eigenvalue weighted by atomic mass is 10.1. The highest BCUT2D eigenvalue weighted by Gasteiger charge is 2.05. The van der Waals surface area contributed by atoms with E-state index in [2.05, 4.69) is 4.98 Å². The first kappa shape index (κ1) is 12.5. The molecule has 5 heteroatoms. The maximum absolute atomic E-state index is 13.0. The standard InChI is InChI=1S/C13H9ClFNO2/c14-11-5-8(2-4-12(11)15)9-1-3-10(16-7-9)6-13(17)18/h1-5,7H,6H2,(H,17,18). The maximum Gasteiger partial charge on any atom is 0.309 e. The number of benzene rings is 1. The largest absolute Gasteiger partial charge is 0.481 e. The van der Waals surface area contributed by atoms with Crippen LogP contribution in [0.25, 0.3) is 11.1 Å². The summed E-state index contributed by atoms with van der Waals surface area (Å²) in [5, 5.41) is 8.66. The molecule has 0 atom stereocenters. The van der Waals surface area contributed by atoms with E-state index in [0.29, 0.717) is 5.69 Å². The Hall–Kier alpha value is -1.94. The maximum atomic E-state index is 13.0. The molecule has 1 aromatic carbocycles. The van der Waals surface area contributed by atoms with Crippen molar-refractivity contribution in [1.29, 1.82) is 0 Å². The van der Waals surface area contributed by atoms with Gasteiger partial charge in [0, 0.05) is 11.8 Å². The van der Waals surface area contributed by atoms with Gasteiger partial charge in [0.2, 0.25) is 0 Å². The molecule has 0 aliphatic heterocycles. The topological polar surface area (TPSA) is 50.2 Å². The average Bonchev–Trinajstić information content (AvgIpc) is 2.33. The van der Waals surface area contributed by atoms with Crippen molar-refractivity contribution in [2.75, 3.05) is 0 Å². The Kier molecular flexibility index (Phi) is 3.58. The molecule has 0 bridgehead atoms. The van der Waals surface area contributed by atoms with Crippen LogP contribution in [0.3, 0.4) is 0 Å². The van der Waals surface area contributed by atoms with E-state index in [1.54, 1.807) is 24.4 Å². The first-order valence-electron chi connectivity index (χ1n) is 5.18. The summed E-state index contributed by atoms with van der Waals surface area (Å²) in [5.74, 6) is -1.41. The molecule has 0 fully saturated rings. The number of aliphatic carboxylic acids is 1. The Morgan fingerprint density at radius 1 is 1.28 bits per heavy atom. The first-order valence-corrected chi connectivity index (χ1v) is 5.56. The SMILES string of the molecule is O=C(O)Cc1ccc(-c2ccc(F)c(Cl)c2)cn1. The molecule has 1 N–H and O–H groups in total. The van der Waals surface area contributed by atoms with Gasteiger partial charge >= 0.3 is 5.97 Å². The van der Waals surface area contributed by atoms with E-state index < -0.39 is 11.8 Å². The molecule has 18 heavy (non-hydrogen) atoms. The van der Waals surface area contributed by atoms with Crippen molar-refractivity contribution in [2.45, 2.75) is 6.42 Å². The zero-order valence-corrected chi connectivity index (χ0v) is 9.99. The monoisotopic (exact) mass is 265 g/mol. The van der Waals surface area contributed by atoms with E-state index in [1.807, 2.05) is 0 Å². The fourth-order valence-corrected chi connectivity index (χ4v) is 1.71. The van der Waals surface area contributed by atoms with E-state index in [-0.39, 0.29) is 11.4 Å². The van der Waals surface area contributed by atoms with Gasteiger partial charge in [-0.1, -0.05) is 23.7 Å². The molecular formula is C13H9ClFNO2. The number of rotatable bonds is 3. The summed E-state index contributed by atoms with van der Waals surface area (Å²) in [6.07, 6.45) is 1.42. The third-order valence-corrected chi connectivity index (χ3v) is 2.70. The van der Waals surface area contributed by atoms with Crippen LogP contribution in [0.2, 0.25) is 5.02 Å². The van der Waals surface area contributed by atoms with Crippen molar-refractivity contribution in [1.82, 2.24) is 4.98 Å². The summed E-state index contributed by atoms with van der Waals surface area (Å²) in [6, 6.07) is 7.73. The lowest BCUT2D eigenvalue weighted by Crippen LogP contribution is -2.01. The van der Waals surface area contributed by atoms with Crippen molar-refractivity contribution >= 4 is 17.6 Å². The number of carboxylic acids is 1. The lowest BCUT2D eigenvalue weighted by Gasteiger charge is -2.03. The van der Waals surface area contributed by atoms with E-state index >= 15 is 0 Å². The molecule has 0 saturated carbocycles. The number of nitrogens with zero attached hydrogens (tertiary/aromatic N) is 1. The number of halogens is 2. The molecule has 0 spiro atoms. The van der Waals surface area contributed by atoms with Crippen LogP contribution in [0.5, 0.6) is 0 Å². The van der Waals surface area contributed by atoms with Gasteiger partial charge in [0.15, 0.2) is 0 Å². The summed E-state index contributed by atoms with van der Waals surface area (Å²) < 4.78 is 13.0. The minimum atomic E-state index is -0.930. The third-order valence-electron chi connectivity index (χ3n) is 2.41. The molecule has 0 amide bonds. The highest BCUT2D eigenvalue weighted by molar-refractivity contribution is 6.31. The first-order chi connectivity index (χ1) is 8.56. The van der Waals surface area contributed by atoms with Gasteiger partial charge in [0.25, 0.3) is 0 Å². The molecule has 0 aliphatic carbocycles. The molecule has 92 valence electrons. The van der Waals surface area contributed by atoms with Crippen LogP contribution in [0, 0.1) is 5.82 Å². The van der Waals surface area contributed by atoms with Crippen LogP contribution in [0.4, 0.5) is 4.39 Å². The van der Waals surface area contributed by atoms with Gasteiger partial charge < -0.3 is 5.11 Å². The van der Waals surface area contributed by atoms with E-state index in [4.69, 9.17) is 16.7 Å². The normalized spacial score (nSPS) is 10.3. The Bertz CT molecular complexity index is 584. The minimum Gasteiger partial charge on any atom is -0.481 e. The second kappa shape index (κ2) is 5.14. The molecule has 0 aliphatic rings. The summed E-state index contributed by atoms with van der Waals surface area (Å²) in [6.45, 7) is 0. The van der Waals surface area contributed by atoms with Gasteiger partial charge in [-0.25, -0.2) is 4.39 Å². The summed E-state index contributed by atoms with van der Waals surface area (Å²) in [4.78, 5) is 14.5. The van der Waals surface area contributed by atoms with Crippen LogP contribution in [0.1, 0.15) is 5.69 Å². The Morgan fingerprint density at radius 3 is 2.56 bits per heavy atom. The quantitative estimate of drug-likeness (QED) is 0.927. The fourth-order valence-electron chi connectivity index (χ4n) is 1.53. The zero-order valence-electron chi connectivity index (χ0n) is 9.23. The van der Waals surface area contributed by atoms with Crippen LogP contribution < -0.4 is 0 Å². The van der Waals surface area contributed by atoms with Gasteiger partial charge in [0.1, 0.15) is 5.82 Å². The van der Waals surface area contributed by atoms with E-state index in [0.717, 1.165) is 11.1 Å². The van der Waals surface area contributed by atoms with E-state index in [1.165, 1.54) is 12.1 Å². The predicted molar refractivity (Wildman–Crippen MR) is 66.0 cm³/mol. The fraction of sp³-hybridized carbons (Fsp3) is 0.0769. The summed E-state index contributed by atoms with van der Waals surface area (Å²) in [5.41, 5.74) is 1.96. The smallest absolute Gasteiger partial charge is 0.309 e. The minimum absolute atomic E-state index is 0.0436. The molecule has 3 nitrogen and oxygen atoms in total. The van der Waals surface area contributed by atoms with E-state index in [9.17, 15) is 9.18 Å². The predicted octanol–water partition coefficient (Wildman–Crippen LogP) is 3.17. The number of pyridine rings is 1. The van der Waals surface area contributed by atoms with Crippen LogP contribution >= 0.6 is 11.6 Å². The van der Waals surface area contributed by atoms with Crippen molar-refractivity contribution < 1.29 is 14.3 Å². The second-order valence-corrected chi connectivity index (χ2v) is 4.14. The highest BCUT2D eigenvalue weighted by atomic mass is 35.5. The molecular weight excluding hydrogens is 257 g/mol. The molecule has 1 aromatic heterocycles. The number of aromatic nitrogens is 1. The number of carboxylic acid groups (broad SMARTS) is 1. The molecule has 1 heterocycles. The van der Waals surface area contributed by atoms with Crippen molar-refractivity contribution in [3.63, 3.8) is 0 Å². The van der Waals surface area contributed by atoms with Crippen LogP contribution in [0.15, 0.2) is 36.5 Å². The van der Waals surface area contributed by atoms with Crippen molar-refractivity contribution in [2.24, 2.45) is 0 Å². The summed E-state index contributed by atoms with van der Waals surface area (Å²) in [7, 11) is 0. The molecule has 0 unspecified atom stereocenters. The number of hydrogen-bond acceptors (Lipinski definition) is 2. The average molecular weight is 266 g/mol. The number of hydrogen-bond donors (Lipinski definition) is 1. The van der Waals surface area contributed by atoms with Gasteiger partial charge in [-0.15, -0.1) is 0 Å². The highest BCUT2D eigenvalue weighted by Crippen LogP contribution is 2.24. The Labute approximate surface area is 108 Å². The molecule has 0 saturated heterocycles. The van der Waals surface area contributed by atoms with Gasteiger partial charge in [-0.05, 0) is 23.8 Å². The van der Waals surface area contributed by atoms with Crippen molar-refractivity contribution in [3.8, 4) is 11.1 Å². The lowest BCUT2D eigenvalue weighted by molar-refractivity contribution is -0.136. The van der Waals surface area contributed by atoms with Crippen LogP contribution in [-0.2, 0) is 11.2 Å². The van der Waals surface area contributed by atoms with Gasteiger partial charge in [0.05, 0.1) is 17.1 Å². The Morgan fingerprint density at radius 2 is 2.00 bits per heavy atom. The zero-order chi connectivity index (χ0) is 13.1. The van der Waals surface area contributed by atoms with Gasteiger partial charge in [-0.3, -0.25) is 9.78 Å². The van der Waals surface area contributed by atoms with Gasteiger partial charge in [-0.2, -0.15) is 0 Å². The van der Waals surface area contributed by atoms with Crippen LogP contribution in [-0.4, -0.2) is 16.1 Å². The van der Waals surface area contributed by atoms with Crippen molar-refractivity contribution in [3.05, 3.63) is 53.1 Å². The third kappa shape index (κ3) is 2.84. The summed E-state index contributed by atoms with van der Waals surface area (Å²) >= 11 is 5.69. The second-order valence-electron chi connectivity index (χ2n) is 3.74. The molecule has 0 radical (unpaired) electrons. The Balaban J connectivity index is 2.28. The molecule has 2 rings (SSSR count).